The first-order valence-electron chi connectivity index (χ1n) is 7.28. The van der Waals surface area contributed by atoms with Gasteiger partial charge in [-0.2, -0.15) is 0 Å². The number of hydrogen-bond acceptors (Lipinski definition) is 4. The van der Waals surface area contributed by atoms with Crippen molar-refractivity contribution in [3.8, 4) is 10.7 Å². The van der Waals surface area contributed by atoms with Gasteiger partial charge in [0.15, 0.2) is 5.82 Å². The minimum absolute atomic E-state index is 0.528. The van der Waals surface area contributed by atoms with Crippen molar-refractivity contribution in [1.82, 2.24) is 14.9 Å². The van der Waals surface area contributed by atoms with E-state index in [9.17, 15) is 5.11 Å². The van der Waals surface area contributed by atoms with Crippen LogP contribution in [0, 0.1) is 0 Å². The minimum atomic E-state index is -0.710. The molecule has 0 aliphatic carbocycles. The summed E-state index contributed by atoms with van der Waals surface area (Å²) in [6, 6.07) is 8.10. The van der Waals surface area contributed by atoms with Crippen LogP contribution in [0.1, 0.15) is 6.42 Å². The zero-order chi connectivity index (χ0) is 15.2. The standard InChI is InChI=1S/C16H16ClN3OS/c17-13-11-3-1-2-4-12(11)22-14(13)15-19-7-8-20(15)10-16(21)5-6-18-9-16/h1-4,7-8,18,21H,5-6,9-10H2. The van der Waals surface area contributed by atoms with Crippen LogP contribution in [0.2, 0.25) is 5.02 Å². The van der Waals surface area contributed by atoms with Gasteiger partial charge in [-0.15, -0.1) is 11.3 Å². The van der Waals surface area contributed by atoms with Crippen LogP contribution in [0.15, 0.2) is 36.7 Å². The van der Waals surface area contributed by atoms with Gasteiger partial charge in [0.05, 0.1) is 22.0 Å². The number of aromatic nitrogens is 2. The highest BCUT2D eigenvalue weighted by Crippen LogP contribution is 2.41. The van der Waals surface area contributed by atoms with Crippen LogP contribution in [0.4, 0.5) is 0 Å². The Morgan fingerprint density at radius 1 is 1.41 bits per heavy atom. The van der Waals surface area contributed by atoms with Crippen LogP contribution in [-0.2, 0) is 6.54 Å². The van der Waals surface area contributed by atoms with E-state index in [4.69, 9.17) is 11.6 Å². The quantitative estimate of drug-likeness (QED) is 0.774. The highest BCUT2D eigenvalue weighted by Gasteiger charge is 2.32. The van der Waals surface area contributed by atoms with Gasteiger partial charge in [-0.25, -0.2) is 4.98 Å². The van der Waals surface area contributed by atoms with Crippen molar-refractivity contribution in [2.45, 2.75) is 18.6 Å². The van der Waals surface area contributed by atoms with Crippen LogP contribution in [0.25, 0.3) is 20.8 Å². The summed E-state index contributed by atoms with van der Waals surface area (Å²) >= 11 is 8.19. The number of nitrogens with zero attached hydrogens (tertiary/aromatic N) is 2. The smallest absolute Gasteiger partial charge is 0.151 e. The zero-order valence-electron chi connectivity index (χ0n) is 11.9. The summed E-state index contributed by atoms with van der Waals surface area (Å²) in [5, 5.41) is 15.6. The molecular weight excluding hydrogens is 318 g/mol. The van der Waals surface area contributed by atoms with Crippen molar-refractivity contribution in [3.63, 3.8) is 0 Å². The number of nitrogens with one attached hydrogen (secondary N) is 1. The number of rotatable bonds is 3. The van der Waals surface area contributed by atoms with Gasteiger partial charge in [0.1, 0.15) is 0 Å². The molecule has 22 heavy (non-hydrogen) atoms. The second-order valence-corrected chi connectivity index (χ2v) is 7.20. The number of fused-ring (bicyclic) bond motifs is 1. The van der Waals surface area contributed by atoms with E-state index in [1.54, 1.807) is 17.5 Å². The number of hydrogen-bond donors (Lipinski definition) is 2. The molecule has 0 saturated carbocycles. The molecule has 3 heterocycles. The number of imidazole rings is 1. The zero-order valence-corrected chi connectivity index (χ0v) is 13.5. The van der Waals surface area contributed by atoms with Crippen LogP contribution in [0.3, 0.4) is 0 Å². The Kier molecular flexibility index (Phi) is 3.46. The van der Waals surface area contributed by atoms with Crippen LogP contribution in [0.5, 0.6) is 0 Å². The molecule has 6 heteroatoms. The second kappa shape index (κ2) is 5.35. The molecule has 0 spiro atoms. The number of thiophene rings is 1. The van der Waals surface area contributed by atoms with E-state index in [0.717, 1.165) is 38.8 Å². The van der Waals surface area contributed by atoms with Crippen LogP contribution < -0.4 is 5.32 Å². The van der Waals surface area contributed by atoms with E-state index in [1.165, 1.54) is 0 Å². The third-order valence-corrected chi connectivity index (χ3v) is 5.81. The summed E-state index contributed by atoms with van der Waals surface area (Å²) in [4.78, 5) is 5.43. The fourth-order valence-corrected chi connectivity index (χ4v) is 4.51. The Morgan fingerprint density at radius 3 is 3.05 bits per heavy atom. The lowest BCUT2D eigenvalue weighted by molar-refractivity contribution is 0.0436. The molecule has 0 bridgehead atoms. The van der Waals surface area contributed by atoms with Gasteiger partial charge in [0.25, 0.3) is 0 Å². The van der Waals surface area contributed by atoms with Crippen molar-refractivity contribution in [2.24, 2.45) is 0 Å². The van der Waals surface area contributed by atoms with E-state index < -0.39 is 5.60 Å². The summed E-state index contributed by atoms with van der Waals surface area (Å²) < 4.78 is 3.15. The largest absolute Gasteiger partial charge is 0.387 e. The lowest BCUT2D eigenvalue weighted by Crippen LogP contribution is -2.36. The van der Waals surface area contributed by atoms with E-state index in [0.29, 0.717) is 13.1 Å². The third-order valence-electron chi connectivity index (χ3n) is 4.14. The van der Waals surface area contributed by atoms with E-state index in [1.807, 2.05) is 29.0 Å². The lowest BCUT2D eigenvalue weighted by Gasteiger charge is -2.22. The molecule has 2 aromatic heterocycles. The van der Waals surface area contributed by atoms with Crippen molar-refractivity contribution < 1.29 is 5.11 Å². The van der Waals surface area contributed by atoms with E-state index in [-0.39, 0.29) is 0 Å². The van der Waals surface area contributed by atoms with Crippen molar-refractivity contribution >= 4 is 33.0 Å². The molecule has 1 aromatic carbocycles. The maximum atomic E-state index is 10.6. The van der Waals surface area contributed by atoms with E-state index in [2.05, 4.69) is 16.4 Å². The molecule has 2 N–H and O–H groups in total. The summed E-state index contributed by atoms with van der Waals surface area (Å²) in [6.07, 6.45) is 4.43. The van der Waals surface area contributed by atoms with Gasteiger partial charge in [-0.3, -0.25) is 0 Å². The van der Waals surface area contributed by atoms with Gasteiger partial charge in [0, 0.05) is 29.0 Å². The maximum Gasteiger partial charge on any atom is 0.151 e. The molecule has 0 amide bonds. The Morgan fingerprint density at radius 2 is 2.27 bits per heavy atom. The Bertz CT molecular complexity index is 820. The Labute approximate surface area is 137 Å². The molecular formula is C16H16ClN3OS. The molecule has 0 radical (unpaired) electrons. The molecule has 1 unspecified atom stereocenters. The SMILES string of the molecule is OC1(Cn2ccnc2-c2sc3ccccc3c2Cl)CCNC1. The van der Waals surface area contributed by atoms with Crippen molar-refractivity contribution in [2.75, 3.05) is 13.1 Å². The van der Waals surface area contributed by atoms with Gasteiger partial charge in [-0.1, -0.05) is 29.8 Å². The van der Waals surface area contributed by atoms with Gasteiger partial charge < -0.3 is 15.0 Å². The average molecular weight is 334 g/mol. The number of benzene rings is 1. The molecule has 3 aromatic rings. The van der Waals surface area contributed by atoms with Crippen molar-refractivity contribution in [3.05, 3.63) is 41.7 Å². The first-order valence-corrected chi connectivity index (χ1v) is 8.47. The molecule has 1 aliphatic rings. The fourth-order valence-electron chi connectivity index (χ4n) is 2.99. The van der Waals surface area contributed by atoms with E-state index >= 15 is 0 Å². The molecule has 1 fully saturated rings. The normalized spacial score (nSPS) is 21.7. The van der Waals surface area contributed by atoms with Gasteiger partial charge >= 0.3 is 0 Å². The number of halogens is 1. The fraction of sp³-hybridized carbons (Fsp3) is 0.312. The predicted molar refractivity (Wildman–Crippen MR) is 90.5 cm³/mol. The molecule has 1 atom stereocenters. The monoisotopic (exact) mass is 333 g/mol. The highest BCUT2D eigenvalue weighted by atomic mass is 35.5. The van der Waals surface area contributed by atoms with Crippen molar-refractivity contribution in [1.29, 1.82) is 0 Å². The first-order chi connectivity index (χ1) is 10.7. The highest BCUT2D eigenvalue weighted by molar-refractivity contribution is 7.23. The molecule has 4 rings (SSSR count). The molecule has 1 aliphatic heterocycles. The second-order valence-electron chi connectivity index (χ2n) is 5.77. The minimum Gasteiger partial charge on any atom is -0.387 e. The number of β-amino-alcohol motifs (C(OH)–C–C–N with tert-alkyl or cyclic N) is 1. The lowest BCUT2D eigenvalue weighted by atomic mass is 10.0. The first kappa shape index (κ1) is 14.2. The predicted octanol–water partition coefficient (Wildman–Crippen LogP) is 3.14. The van der Waals surface area contributed by atoms with Gasteiger partial charge in [0.2, 0.25) is 0 Å². The Hall–Kier alpha value is -1.40. The molecule has 4 nitrogen and oxygen atoms in total. The Balaban J connectivity index is 1.76. The van der Waals surface area contributed by atoms with Crippen LogP contribution >= 0.6 is 22.9 Å². The maximum absolute atomic E-state index is 10.6. The summed E-state index contributed by atoms with van der Waals surface area (Å²) in [5.74, 6) is 0.825. The third kappa shape index (κ3) is 2.34. The summed E-state index contributed by atoms with van der Waals surface area (Å²) in [7, 11) is 0. The average Bonchev–Trinajstić information content (AvgIpc) is 3.20. The van der Waals surface area contributed by atoms with Gasteiger partial charge in [-0.05, 0) is 19.0 Å². The summed E-state index contributed by atoms with van der Waals surface area (Å²) in [6.45, 7) is 1.99. The molecule has 114 valence electrons. The number of aliphatic hydroxyl groups is 1. The summed E-state index contributed by atoms with van der Waals surface area (Å²) in [5.41, 5.74) is -0.710. The topological polar surface area (TPSA) is 50.1 Å². The van der Waals surface area contributed by atoms with Crippen LogP contribution in [-0.4, -0.2) is 33.3 Å². The molecule has 1 saturated heterocycles.